The summed E-state index contributed by atoms with van der Waals surface area (Å²) in [6.45, 7) is 0.525. The van der Waals surface area contributed by atoms with Gasteiger partial charge in [0, 0.05) is 23.9 Å². The van der Waals surface area contributed by atoms with Crippen molar-refractivity contribution in [3.05, 3.63) is 42.0 Å². The Labute approximate surface area is 129 Å². The first-order valence-electron chi connectivity index (χ1n) is 7.30. The van der Waals surface area contributed by atoms with Gasteiger partial charge in [-0.1, -0.05) is 30.3 Å². The minimum atomic E-state index is -0.122. The average Bonchev–Trinajstić information content (AvgIpc) is 2.45. The number of nitrogens with zero attached hydrogens (tertiary/aromatic N) is 1. The lowest BCUT2D eigenvalue weighted by molar-refractivity contribution is 0.0595. The Balaban J connectivity index is 1.98. The highest BCUT2D eigenvalue weighted by Crippen LogP contribution is 2.32. The molecule has 0 unspecified atom stereocenters. The van der Waals surface area contributed by atoms with Gasteiger partial charge in [-0.05, 0) is 30.7 Å². The van der Waals surface area contributed by atoms with Crippen LogP contribution in [0, 0.1) is 0 Å². The van der Waals surface area contributed by atoms with E-state index in [1.165, 1.54) is 0 Å². The normalized spacial score (nSPS) is 14.9. The Kier molecular flexibility index (Phi) is 4.02. The molecule has 0 bridgehead atoms. The molecular formula is C17H18ClNO2. The molecule has 2 aromatic rings. The van der Waals surface area contributed by atoms with Crippen molar-refractivity contribution in [3.63, 3.8) is 0 Å². The number of phenols is 1. The van der Waals surface area contributed by atoms with E-state index in [4.69, 9.17) is 11.6 Å². The van der Waals surface area contributed by atoms with Crippen molar-refractivity contribution in [3.8, 4) is 5.75 Å². The number of rotatable bonds is 4. The summed E-state index contributed by atoms with van der Waals surface area (Å²) in [5.41, 5.74) is 0.366. The molecule has 0 atom stereocenters. The van der Waals surface area contributed by atoms with Gasteiger partial charge in [-0.15, -0.1) is 11.6 Å². The molecular weight excluding hydrogens is 286 g/mol. The molecule has 0 radical (unpaired) electrons. The second-order valence-electron chi connectivity index (χ2n) is 5.46. The third-order valence-electron chi connectivity index (χ3n) is 4.23. The molecule has 0 heterocycles. The molecule has 0 saturated heterocycles. The van der Waals surface area contributed by atoms with Crippen LogP contribution in [0.15, 0.2) is 36.4 Å². The Morgan fingerprint density at radius 3 is 2.67 bits per heavy atom. The molecule has 110 valence electrons. The van der Waals surface area contributed by atoms with Crippen molar-refractivity contribution in [2.75, 3.05) is 12.4 Å². The van der Waals surface area contributed by atoms with Crippen LogP contribution in [-0.2, 0) is 0 Å². The van der Waals surface area contributed by atoms with Gasteiger partial charge in [-0.2, -0.15) is 0 Å². The third kappa shape index (κ3) is 2.58. The molecule has 1 N–H and O–H groups in total. The van der Waals surface area contributed by atoms with Crippen LogP contribution in [0.3, 0.4) is 0 Å². The third-order valence-corrected chi connectivity index (χ3v) is 4.40. The minimum absolute atomic E-state index is 0.0667. The summed E-state index contributed by atoms with van der Waals surface area (Å²) in [6.07, 6.45) is 3.20. The smallest absolute Gasteiger partial charge is 0.257 e. The Bertz CT molecular complexity index is 667. The molecule has 21 heavy (non-hydrogen) atoms. The molecule has 1 saturated carbocycles. The van der Waals surface area contributed by atoms with Gasteiger partial charge in [0.25, 0.3) is 5.91 Å². The fraction of sp³-hybridized carbons (Fsp3) is 0.353. The molecule has 1 aliphatic rings. The van der Waals surface area contributed by atoms with Gasteiger partial charge < -0.3 is 10.0 Å². The van der Waals surface area contributed by atoms with E-state index in [9.17, 15) is 9.90 Å². The van der Waals surface area contributed by atoms with E-state index < -0.39 is 0 Å². The zero-order chi connectivity index (χ0) is 14.8. The van der Waals surface area contributed by atoms with E-state index in [1.54, 1.807) is 11.0 Å². The molecule has 1 fully saturated rings. The number of benzene rings is 2. The van der Waals surface area contributed by atoms with Crippen molar-refractivity contribution in [2.45, 2.75) is 25.3 Å². The maximum Gasteiger partial charge on any atom is 0.257 e. The van der Waals surface area contributed by atoms with Gasteiger partial charge in [0.1, 0.15) is 5.75 Å². The van der Waals surface area contributed by atoms with E-state index in [-0.39, 0.29) is 17.7 Å². The molecule has 0 aliphatic heterocycles. The number of alkyl halides is 1. The van der Waals surface area contributed by atoms with E-state index in [2.05, 4.69) is 0 Å². The van der Waals surface area contributed by atoms with Crippen molar-refractivity contribution >= 4 is 28.3 Å². The minimum Gasteiger partial charge on any atom is -0.506 e. The Hall–Kier alpha value is -1.74. The fourth-order valence-electron chi connectivity index (χ4n) is 2.82. The fourth-order valence-corrected chi connectivity index (χ4v) is 3.00. The van der Waals surface area contributed by atoms with Crippen LogP contribution in [-0.4, -0.2) is 34.4 Å². The lowest BCUT2D eigenvalue weighted by Crippen LogP contribution is -2.45. The van der Waals surface area contributed by atoms with Gasteiger partial charge in [0.15, 0.2) is 0 Å². The summed E-state index contributed by atoms with van der Waals surface area (Å²) >= 11 is 5.83. The molecule has 3 rings (SSSR count). The molecule has 3 nitrogen and oxygen atoms in total. The first-order valence-corrected chi connectivity index (χ1v) is 7.83. The Morgan fingerprint density at radius 2 is 2.00 bits per heavy atom. The van der Waals surface area contributed by atoms with Crippen LogP contribution in [0.2, 0.25) is 0 Å². The van der Waals surface area contributed by atoms with Crippen LogP contribution in [0.5, 0.6) is 5.75 Å². The zero-order valence-corrected chi connectivity index (χ0v) is 12.5. The van der Waals surface area contributed by atoms with Gasteiger partial charge in [0.05, 0.1) is 5.56 Å². The number of amides is 1. The van der Waals surface area contributed by atoms with Crippen molar-refractivity contribution in [1.29, 1.82) is 0 Å². The van der Waals surface area contributed by atoms with Crippen molar-refractivity contribution < 1.29 is 9.90 Å². The largest absolute Gasteiger partial charge is 0.506 e. The number of fused-ring (bicyclic) bond motifs is 1. The molecule has 0 aromatic heterocycles. The average molecular weight is 304 g/mol. The van der Waals surface area contributed by atoms with Crippen molar-refractivity contribution in [1.82, 2.24) is 4.90 Å². The number of aromatic hydroxyl groups is 1. The summed E-state index contributed by atoms with van der Waals surface area (Å²) in [5.74, 6) is 0.358. The number of carbonyl (C=O) groups is 1. The van der Waals surface area contributed by atoms with Crippen LogP contribution in [0.4, 0.5) is 0 Å². The van der Waals surface area contributed by atoms with Gasteiger partial charge >= 0.3 is 0 Å². The van der Waals surface area contributed by atoms with E-state index in [1.807, 2.05) is 30.3 Å². The first kappa shape index (κ1) is 14.2. The second-order valence-corrected chi connectivity index (χ2v) is 5.83. The standard InChI is InChI=1S/C17H18ClNO2/c18-10-11-19(13-5-3-6-13)17(21)15-9-8-12-4-1-2-7-14(12)16(15)20/h1-2,4,7-9,13,20H,3,5-6,10-11H2. The summed E-state index contributed by atoms with van der Waals surface area (Å²) in [5, 5.41) is 12.1. The molecule has 1 aliphatic carbocycles. The topological polar surface area (TPSA) is 40.5 Å². The summed E-state index contributed by atoms with van der Waals surface area (Å²) in [7, 11) is 0. The number of hydrogen-bond donors (Lipinski definition) is 1. The quantitative estimate of drug-likeness (QED) is 0.873. The first-order chi connectivity index (χ1) is 10.2. The van der Waals surface area contributed by atoms with Crippen LogP contribution in [0.1, 0.15) is 29.6 Å². The van der Waals surface area contributed by atoms with Crippen LogP contribution < -0.4 is 0 Å². The maximum atomic E-state index is 12.7. The predicted molar refractivity (Wildman–Crippen MR) is 85.0 cm³/mol. The molecule has 1 amide bonds. The maximum absolute atomic E-state index is 12.7. The summed E-state index contributed by atoms with van der Waals surface area (Å²) in [6, 6.07) is 11.4. The summed E-state index contributed by atoms with van der Waals surface area (Å²) < 4.78 is 0. The zero-order valence-electron chi connectivity index (χ0n) is 11.8. The van der Waals surface area contributed by atoms with Crippen molar-refractivity contribution in [2.24, 2.45) is 0 Å². The number of phenolic OH excluding ortho intramolecular Hbond substituents is 1. The van der Waals surface area contributed by atoms with E-state index >= 15 is 0 Å². The number of carbonyl (C=O) groups excluding carboxylic acids is 1. The second kappa shape index (κ2) is 5.94. The lowest BCUT2D eigenvalue weighted by atomic mass is 9.90. The van der Waals surface area contributed by atoms with Gasteiger partial charge in [0.2, 0.25) is 0 Å². The monoisotopic (exact) mass is 303 g/mol. The molecule has 4 heteroatoms. The van der Waals surface area contributed by atoms with E-state index in [0.29, 0.717) is 23.4 Å². The Morgan fingerprint density at radius 1 is 1.24 bits per heavy atom. The predicted octanol–water partition coefficient (Wildman–Crippen LogP) is 3.78. The molecule has 0 spiro atoms. The summed E-state index contributed by atoms with van der Waals surface area (Å²) in [4.78, 5) is 14.5. The van der Waals surface area contributed by atoms with Gasteiger partial charge in [-0.3, -0.25) is 4.79 Å². The number of halogens is 1. The lowest BCUT2D eigenvalue weighted by Gasteiger charge is -2.37. The number of hydrogen-bond acceptors (Lipinski definition) is 2. The van der Waals surface area contributed by atoms with Crippen LogP contribution >= 0.6 is 11.6 Å². The van der Waals surface area contributed by atoms with Gasteiger partial charge in [-0.25, -0.2) is 0 Å². The molecule has 2 aromatic carbocycles. The highest BCUT2D eigenvalue weighted by molar-refractivity contribution is 6.18. The highest BCUT2D eigenvalue weighted by atomic mass is 35.5. The van der Waals surface area contributed by atoms with Crippen LogP contribution in [0.25, 0.3) is 10.8 Å². The SMILES string of the molecule is O=C(c1ccc2ccccc2c1O)N(CCCl)C1CCC1. The highest BCUT2D eigenvalue weighted by Gasteiger charge is 2.30. The van der Waals surface area contributed by atoms with E-state index in [0.717, 1.165) is 24.6 Å².